The Hall–Kier alpha value is -1.18. The normalized spacial score (nSPS) is 11.9. The van der Waals surface area contributed by atoms with Crippen molar-refractivity contribution in [1.82, 2.24) is 14.6 Å². The molecule has 0 bridgehead atoms. The van der Waals surface area contributed by atoms with Crippen molar-refractivity contribution in [2.24, 2.45) is 0 Å². The van der Waals surface area contributed by atoms with E-state index in [0.29, 0.717) is 13.1 Å². The number of likely N-dealkylation sites (N-methyl/N-ethyl adjacent to an activating group) is 1. The Morgan fingerprint density at radius 2 is 2.12 bits per heavy atom. The standard InChI is InChI=1S/C10H17N3O3S/c1-3-13(2)7-6-12-17(15,16)9-4-5-10(14)11-8-9/h4-5,8,12H,3,6-7H2,1-2H3,(H,11,14). The molecule has 0 saturated heterocycles. The van der Waals surface area contributed by atoms with Gasteiger partial charge >= 0.3 is 0 Å². The van der Waals surface area contributed by atoms with Gasteiger partial charge in [0.2, 0.25) is 15.6 Å². The summed E-state index contributed by atoms with van der Waals surface area (Å²) >= 11 is 0. The molecule has 0 aliphatic heterocycles. The third-order valence-electron chi connectivity index (χ3n) is 2.39. The van der Waals surface area contributed by atoms with Crippen LogP contribution in [-0.4, -0.2) is 45.0 Å². The van der Waals surface area contributed by atoms with Crippen LogP contribution in [0.1, 0.15) is 6.92 Å². The molecule has 17 heavy (non-hydrogen) atoms. The van der Waals surface area contributed by atoms with Gasteiger partial charge in [-0.15, -0.1) is 0 Å². The van der Waals surface area contributed by atoms with E-state index in [1.54, 1.807) is 0 Å². The van der Waals surface area contributed by atoms with Gasteiger partial charge in [-0.05, 0) is 19.7 Å². The van der Waals surface area contributed by atoms with Crippen molar-refractivity contribution < 1.29 is 8.42 Å². The van der Waals surface area contributed by atoms with Crippen LogP contribution in [0.5, 0.6) is 0 Å². The summed E-state index contributed by atoms with van der Waals surface area (Å²) in [6.07, 6.45) is 1.19. The Balaban J connectivity index is 2.63. The van der Waals surface area contributed by atoms with Gasteiger partial charge in [0.15, 0.2) is 0 Å². The van der Waals surface area contributed by atoms with Crippen LogP contribution in [0.15, 0.2) is 28.0 Å². The summed E-state index contributed by atoms with van der Waals surface area (Å²) in [4.78, 5) is 15.2. The Morgan fingerprint density at radius 1 is 1.41 bits per heavy atom. The van der Waals surface area contributed by atoms with Crippen molar-refractivity contribution in [3.63, 3.8) is 0 Å². The first-order valence-corrected chi connectivity index (χ1v) is 6.81. The van der Waals surface area contributed by atoms with Crippen LogP contribution in [0.25, 0.3) is 0 Å². The number of rotatable bonds is 6. The third-order valence-corrected chi connectivity index (χ3v) is 3.85. The molecule has 1 rings (SSSR count). The van der Waals surface area contributed by atoms with Crippen molar-refractivity contribution in [3.8, 4) is 0 Å². The van der Waals surface area contributed by atoms with E-state index in [9.17, 15) is 13.2 Å². The van der Waals surface area contributed by atoms with E-state index in [0.717, 1.165) is 6.54 Å². The predicted molar refractivity (Wildman–Crippen MR) is 65.4 cm³/mol. The Morgan fingerprint density at radius 3 is 2.65 bits per heavy atom. The van der Waals surface area contributed by atoms with Gasteiger partial charge in [0.1, 0.15) is 0 Å². The van der Waals surface area contributed by atoms with Gasteiger partial charge < -0.3 is 9.88 Å². The van der Waals surface area contributed by atoms with Crippen LogP contribution in [0.4, 0.5) is 0 Å². The van der Waals surface area contributed by atoms with Crippen molar-refractivity contribution in [3.05, 3.63) is 28.7 Å². The van der Waals surface area contributed by atoms with Gasteiger partial charge in [-0.1, -0.05) is 6.92 Å². The minimum Gasteiger partial charge on any atom is -0.328 e. The number of hydrogen-bond acceptors (Lipinski definition) is 4. The highest BCUT2D eigenvalue weighted by Crippen LogP contribution is 2.03. The van der Waals surface area contributed by atoms with E-state index in [2.05, 4.69) is 9.71 Å². The number of nitrogens with one attached hydrogen (secondary N) is 2. The summed E-state index contributed by atoms with van der Waals surface area (Å²) in [5.74, 6) is 0. The second kappa shape index (κ2) is 5.95. The number of nitrogens with zero attached hydrogens (tertiary/aromatic N) is 1. The van der Waals surface area contributed by atoms with E-state index in [1.807, 2.05) is 18.9 Å². The Kier molecular flexibility index (Phi) is 4.86. The number of sulfonamides is 1. The van der Waals surface area contributed by atoms with E-state index >= 15 is 0 Å². The second-order valence-electron chi connectivity index (χ2n) is 3.68. The van der Waals surface area contributed by atoms with Crippen LogP contribution < -0.4 is 10.3 Å². The average molecular weight is 259 g/mol. The minimum absolute atomic E-state index is 0.0660. The summed E-state index contributed by atoms with van der Waals surface area (Å²) in [5, 5.41) is 0. The van der Waals surface area contributed by atoms with Crippen molar-refractivity contribution in [2.45, 2.75) is 11.8 Å². The highest BCUT2D eigenvalue weighted by Gasteiger charge is 2.13. The van der Waals surface area contributed by atoms with Crippen molar-refractivity contribution >= 4 is 10.0 Å². The summed E-state index contributed by atoms with van der Waals surface area (Å²) in [5.41, 5.74) is -0.324. The minimum atomic E-state index is -3.53. The maximum absolute atomic E-state index is 11.8. The zero-order valence-electron chi connectivity index (χ0n) is 9.93. The number of hydrogen-bond donors (Lipinski definition) is 2. The van der Waals surface area contributed by atoms with Crippen LogP contribution >= 0.6 is 0 Å². The molecule has 1 aromatic rings. The van der Waals surface area contributed by atoms with E-state index < -0.39 is 10.0 Å². The fourth-order valence-electron chi connectivity index (χ4n) is 1.18. The first-order valence-electron chi connectivity index (χ1n) is 5.32. The summed E-state index contributed by atoms with van der Waals surface area (Å²) in [6.45, 7) is 3.84. The van der Waals surface area contributed by atoms with E-state index in [1.165, 1.54) is 18.3 Å². The summed E-state index contributed by atoms with van der Waals surface area (Å²) < 4.78 is 26.0. The van der Waals surface area contributed by atoms with Gasteiger partial charge in [0.05, 0.1) is 4.90 Å². The van der Waals surface area contributed by atoms with E-state index in [-0.39, 0.29) is 10.5 Å². The molecular weight excluding hydrogens is 242 g/mol. The first kappa shape index (κ1) is 13.9. The molecule has 0 saturated carbocycles. The lowest BCUT2D eigenvalue weighted by molar-refractivity contribution is 0.358. The number of H-pyrrole nitrogens is 1. The van der Waals surface area contributed by atoms with Crippen molar-refractivity contribution in [2.75, 3.05) is 26.7 Å². The smallest absolute Gasteiger partial charge is 0.247 e. The summed E-state index contributed by atoms with van der Waals surface area (Å²) in [6, 6.07) is 2.47. The molecule has 0 aromatic carbocycles. The van der Waals surface area contributed by atoms with Crippen molar-refractivity contribution in [1.29, 1.82) is 0 Å². The molecule has 0 atom stereocenters. The molecule has 1 aromatic heterocycles. The third kappa shape index (κ3) is 4.29. The first-order chi connectivity index (χ1) is 7.95. The molecule has 0 aliphatic rings. The van der Waals surface area contributed by atoms with Crippen LogP contribution in [-0.2, 0) is 10.0 Å². The number of aromatic nitrogens is 1. The summed E-state index contributed by atoms with van der Waals surface area (Å²) in [7, 11) is -1.62. The lowest BCUT2D eigenvalue weighted by Gasteiger charge is -2.14. The van der Waals surface area contributed by atoms with Crippen LogP contribution in [0.3, 0.4) is 0 Å². The Bertz CT molecular complexity index is 489. The molecule has 0 aliphatic carbocycles. The lowest BCUT2D eigenvalue weighted by Crippen LogP contribution is -2.33. The SMILES string of the molecule is CCN(C)CCNS(=O)(=O)c1ccc(=O)[nH]c1. The van der Waals surface area contributed by atoms with Crippen LogP contribution in [0.2, 0.25) is 0 Å². The fraction of sp³-hybridized carbons (Fsp3) is 0.500. The topological polar surface area (TPSA) is 82.3 Å². The zero-order chi connectivity index (χ0) is 12.9. The molecule has 0 radical (unpaired) electrons. The molecule has 0 unspecified atom stereocenters. The quantitative estimate of drug-likeness (QED) is 0.728. The Labute approximate surface area is 101 Å². The maximum Gasteiger partial charge on any atom is 0.247 e. The fourth-order valence-corrected chi connectivity index (χ4v) is 2.16. The lowest BCUT2D eigenvalue weighted by atomic mass is 10.5. The highest BCUT2D eigenvalue weighted by molar-refractivity contribution is 7.89. The maximum atomic E-state index is 11.8. The molecule has 0 spiro atoms. The monoisotopic (exact) mass is 259 g/mol. The predicted octanol–water partition coefficient (Wildman–Crippen LogP) is -0.395. The molecule has 96 valence electrons. The molecule has 1 heterocycles. The van der Waals surface area contributed by atoms with Gasteiger partial charge in [-0.3, -0.25) is 4.79 Å². The number of aromatic amines is 1. The van der Waals surface area contributed by atoms with Crippen LogP contribution in [0, 0.1) is 0 Å². The van der Waals surface area contributed by atoms with Gasteiger partial charge in [0, 0.05) is 25.4 Å². The van der Waals surface area contributed by atoms with Gasteiger partial charge in [-0.25, -0.2) is 13.1 Å². The molecule has 7 heteroatoms. The van der Waals surface area contributed by atoms with Gasteiger partial charge in [0.25, 0.3) is 0 Å². The molecule has 2 N–H and O–H groups in total. The molecule has 6 nitrogen and oxygen atoms in total. The average Bonchev–Trinajstić information content (AvgIpc) is 2.29. The van der Waals surface area contributed by atoms with E-state index in [4.69, 9.17) is 0 Å². The molecule has 0 fully saturated rings. The molecular formula is C10H17N3O3S. The molecule has 0 amide bonds. The zero-order valence-corrected chi connectivity index (χ0v) is 10.8. The second-order valence-corrected chi connectivity index (χ2v) is 5.45. The highest BCUT2D eigenvalue weighted by atomic mass is 32.2. The number of pyridine rings is 1. The largest absolute Gasteiger partial charge is 0.328 e. The van der Waals surface area contributed by atoms with Gasteiger partial charge in [-0.2, -0.15) is 0 Å².